The second-order valence-corrected chi connectivity index (χ2v) is 5.31. The molecule has 4 nitrogen and oxygen atoms in total. The highest BCUT2D eigenvalue weighted by Gasteiger charge is 2.20. The number of likely N-dealkylation sites (N-methyl/N-ethyl adjacent to an activating group) is 1. The summed E-state index contributed by atoms with van der Waals surface area (Å²) in [5, 5.41) is 2.62. The van der Waals surface area contributed by atoms with Crippen LogP contribution in [0.1, 0.15) is 11.6 Å². The van der Waals surface area contributed by atoms with Crippen LogP contribution in [0, 0.1) is 5.82 Å². The average Bonchev–Trinajstić information content (AvgIpc) is 2.41. The second kappa shape index (κ2) is 6.63. The highest BCUT2D eigenvalue weighted by Crippen LogP contribution is 2.21. The summed E-state index contributed by atoms with van der Waals surface area (Å²) in [5.74, 6) is -0.276. The van der Waals surface area contributed by atoms with E-state index in [4.69, 9.17) is 17.3 Å². The van der Waals surface area contributed by atoms with Crippen molar-refractivity contribution in [2.24, 2.45) is 5.73 Å². The Kier molecular flexibility index (Phi) is 5.13. The van der Waals surface area contributed by atoms with Crippen LogP contribution in [-0.4, -0.2) is 49.7 Å². The van der Waals surface area contributed by atoms with Gasteiger partial charge in [-0.2, -0.15) is 0 Å². The van der Waals surface area contributed by atoms with Gasteiger partial charge in [0.1, 0.15) is 5.82 Å². The Morgan fingerprint density at radius 1 is 1.37 bits per heavy atom. The highest BCUT2D eigenvalue weighted by molar-refractivity contribution is 6.30. The zero-order valence-corrected chi connectivity index (χ0v) is 11.8. The first kappa shape index (κ1) is 14.7. The lowest BCUT2D eigenvalue weighted by Gasteiger charge is -2.35. The van der Waals surface area contributed by atoms with Gasteiger partial charge in [-0.25, -0.2) is 14.8 Å². The SMILES string of the molecule is CN1CCN(NC(CN)c2cc(Cl)ccc2F)CC1. The minimum absolute atomic E-state index is 0.248. The number of hydrazine groups is 1. The van der Waals surface area contributed by atoms with Crippen LogP contribution in [0.4, 0.5) is 4.39 Å². The van der Waals surface area contributed by atoms with Crippen LogP contribution in [0.3, 0.4) is 0 Å². The zero-order chi connectivity index (χ0) is 13.8. The van der Waals surface area contributed by atoms with Crippen LogP contribution in [0.2, 0.25) is 5.02 Å². The number of hydrogen-bond acceptors (Lipinski definition) is 4. The monoisotopic (exact) mass is 286 g/mol. The Morgan fingerprint density at radius 3 is 2.68 bits per heavy atom. The molecule has 0 amide bonds. The van der Waals surface area contributed by atoms with Gasteiger partial charge < -0.3 is 10.6 Å². The number of hydrogen-bond donors (Lipinski definition) is 2. The molecule has 1 aromatic rings. The Balaban J connectivity index is 2.05. The van der Waals surface area contributed by atoms with Gasteiger partial charge in [0.15, 0.2) is 0 Å². The van der Waals surface area contributed by atoms with Gasteiger partial charge in [0.05, 0.1) is 6.04 Å². The van der Waals surface area contributed by atoms with E-state index in [1.165, 1.54) is 6.07 Å². The Hall–Kier alpha value is -0.720. The number of rotatable bonds is 4. The second-order valence-electron chi connectivity index (χ2n) is 4.87. The van der Waals surface area contributed by atoms with Crippen molar-refractivity contribution in [2.45, 2.75) is 6.04 Å². The Labute approximate surface area is 118 Å². The maximum absolute atomic E-state index is 13.8. The Bertz CT molecular complexity index is 421. The molecule has 1 fully saturated rings. The highest BCUT2D eigenvalue weighted by atomic mass is 35.5. The van der Waals surface area contributed by atoms with Crippen LogP contribution in [0.15, 0.2) is 18.2 Å². The molecule has 0 saturated carbocycles. The number of halogens is 2. The molecule has 0 bridgehead atoms. The van der Waals surface area contributed by atoms with Crippen LogP contribution < -0.4 is 11.2 Å². The van der Waals surface area contributed by atoms with Crippen molar-refractivity contribution >= 4 is 11.6 Å². The standard InChI is InChI=1S/C13H20ClFN4/c1-18-4-6-19(7-5-18)17-13(9-16)11-8-10(14)2-3-12(11)15/h2-3,8,13,17H,4-7,9,16H2,1H3. The van der Waals surface area contributed by atoms with E-state index in [0.717, 1.165) is 26.2 Å². The minimum Gasteiger partial charge on any atom is -0.329 e. The summed E-state index contributed by atoms with van der Waals surface area (Å²) in [5.41, 5.74) is 9.57. The average molecular weight is 287 g/mol. The molecule has 19 heavy (non-hydrogen) atoms. The fourth-order valence-electron chi connectivity index (χ4n) is 2.19. The third-order valence-corrected chi connectivity index (χ3v) is 3.65. The summed E-state index contributed by atoms with van der Waals surface area (Å²) in [6, 6.07) is 4.31. The normalized spacial score (nSPS) is 19.6. The van der Waals surface area contributed by atoms with E-state index >= 15 is 0 Å². The molecular weight excluding hydrogens is 267 g/mol. The van der Waals surface area contributed by atoms with Gasteiger partial charge >= 0.3 is 0 Å². The third-order valence-electron chi connectivity index (χ3n) is 3.41. The third kappa shape index (κ3) is 3.87. The molecule has 0 spiro atoms. The van der Waals surface area contributed by atoms with Crippen LogP contribution in [0.25, 0.3) is 0 Å². The zero-order valence-electron chi connectivity index (χ0n) is 11.1. The lowest BCUT2D eigenvalue weighted by molar-refractivity contribution is 0.0873. The van der Waals surface area contributed by atoms with Crippen LogP contribution in [0.5, 0.6) is 0 Å². The molecule has 106 valence electrons. The van der Waals surface area contributed by atoms with E-state index in [2.05, 4.69) is 22.4 Å². The molecule has 1 aliphatic rings. The van der Waals surface area contributed by atoms with Crippen molar-refractivity contribution in [3.05, 3.63) is 34.6 Å². The van der Waals surface area contributed by atoms with E-state index in [-0.39, 0.29) is 11.9 Å². The topological polar surface area (TPSA) is 44.5 Å². The molecule has 1 aromatic carbocycles. The summed E-state index contributed by atoms with van der Waals surface area (Å²) in [6.45, 7) is 4.10. The molecule has 1 atom stereocenters. The van der Waals surface area contributed by atoms with Gasteiger partial charge in [-0.3, -0.25) is 0 Å². The molecule has 2 rings (SSSR count). The van der Waals surface area contributed by atoms with Crippen molar-refractivity contribution in [1.29, 1.82) is 0 Å². The van der Waals surface area contributed by atoms with Crippen molar-refractivity contribution in [2.75, 3.05) is 39.8 Å². The number of benzene rings is 1. The first-order chi connectivity index (χ1) is 9.10. The lowest BCUT2D eigenvalue weighted by Crippen LogP contribution is -2.52. The van der Waals surface area contributed by atoms with Gasteiger partial charge in [0.2, 0.25) is 0 Å². The van der Waals surface area contributed by atoms with Gasteiger partial charge in [0.25, 0.3) is 0 Å². The summed E-state index contributed by atoms with van der Waals surface area (Å²) < 4.78 is 13.8. The van der Waals surface area contributed by atoms with Crippen molar-refractivity contribution in [1.82, 2.24) is 15.3 Å². The summed E-state index contributed by atoms with van der Waals surface area (Å²) in [4.78, 5) is 2.26. The summed E-state index contributed by atoms with van der Waals surface area (Å²) >= 11 is 5.92. The number of piperazine rings is 1. The molecule has 1 aliphatic heterocycles. The van der Waals surface area contributed by atoms with Gasteiger partial charge in [-0.15, -0.1) is 0 Å². The maximum Gasteiger partial charge on any atom is 0.128 e. The predicted octanol–water partition coefficient (Wildman–Crippen LogP) is 1.23. The van der Waals surface area contributed by atoms with Gasteiger partial charge in [-0.1, -0.05) is 11.6 Å². The van der Waals surface area contributed by atoms with Crippen molar-refractivity contribution in [3.63, 3.8) is 0 Å². The van der Waals surface area contributed by atoms with E-state index in [1.807, 2.05) is 0 Å². The molecule has 3 N–H and O–H groups in total. The van der Waals surface area contributed by atoms with Gasteiger partial charge in [-0.05, 0) is 25.2 Å². The molecule has 0 aliphatic carbocycles. The lowest BCUT2D eigenvalue weighted by atomic mass is 10.1. The van der Waals surface area contributed by atoms with Gasteiger partial charge in [0, 0.05) is 43.3 Å². The molecule has 1 heterocycles. The van der Waals surface area contributed by atoms with E-state index in [0.29, 0.717) is 17.1 Å². The van der Waals surface area contributed by atoms with Crippen molar-refractivity contribution < 1.29 is 4.39 Å². The quantitative estimate of drug-likeness (QED) is 0.874. The number of nitrogens with zero attached hydrogens (tertiary/aromatic N) is 2. The van der Waals surface area contributed by atoms with E-state index < -0.39 is 0 Å². The predicted molar refractivity (Wildman–Crippen MR) is 75.4 cm³/mol. The van der Waals surface area contributed by atoms with E-state index in [9.17, 15) is 4.39 Å². The van der Waals surface area contributed by atoms with Crippen molar-refractivity contribution in [3.8, 4) is 0 Å². The molecule has 0 aromatic heterocycles. The minimum atomic E-state index is -0.276. The summed E-state index contributed by atoms with van der Waals surface area (Å²) in [7, 11) is 2.09. The first-order valence-corrected chi connectivity index (χ1v) is 6.82. The fraction of sp³-hybridized carbons (Fsp3) is 0.538. The largest absolute Gasteiger partial charge is 0.329 e. The fourth-order valence-corrected chi connectivity index (χ4v) is 2.37. The molecule has 0 radical (unpaired) electrons. The smallest absolute Gasteiger partial charge is 0.128 e. The molecule has 1 saturated heterocycles. The molecular formula is C13H20ClFN4. The summed E-state index contributed by atoms with van der Waals surface area (Å²) in [6.07, 6.45) is 0. The number of nitrogens with two attached hydrogens (primary N) is 1. The van der Waals surface area contributed by atoms with Crippen LogP contribution in [-0.2, 0) is 0 Å². The maximum atomic E-state index is 13.8. The number of nitrogens with one attached hydrogen (secondary N) is 1. The Morgan fingerprint density at radius 2 is 2.05 bits per heavy atom. The van der Waals surface area contributed by atoms with E-state index in [1.54, 1.807) is 12.1 Å². The molecule has 6 heteroatoms. The first-order valence-electron chi connectivity index (χ1n) is 6.45. The molecule has 1 unspecified atom stereocenters. The van der Waals surface area contributed by atoms with Crippen LogP contribution >= 0.6 is 11.6 Å².